The van der Waals surface area contributed by atoms with Crippen LogP contribution in [0.5, 0.6) is 0 Å². The van der Waals surface area contributed by atoms with E-state index in [4.69, 9.17) is 16.5 Å². The van der Waals surface area contributed by atoms with Crippen LogP contribution in [0.2, 0.25) is 0 Å². The van der Waals surface area contributed by atoms with Gasteiger partial charge in [0, 0.05) is 33.8 Å². The average Bonchev–Trinajstić information content (AvgIpc) is 3.59. The fourth-order valence-electron chi connectivity index (χ4n) is 4.08. The summed E-state index contributed by atoms with van der Waals surface area (Å²) in [5.74, 6) is -0.532. The first-order valence-corrected chi connectivity index (χ1v) is 11.7. The molecule has 0 saturated heterocycles. The fraction of sp³-hybridized carbons (Fsp3) is 0.259. The van der Waals surface area contributed by atoms with E-state index < -0.39 is 5.91 Å². The van der Waals surface area contributed by atoms with Gasteiger partial charge < -0.3 is 16.8 Å². The number of H-pyrrole nitrogens is 1. The Kier molecular flexibility index (Phi) is 6.82. The Bertz CT molecular complexity index is 1390. The van der Waals surface area contributed by atoms with Gasteiger partial charge in [0.05, 0.1) is 28.7 Å². The highest BCUT2D eigenvalue weighted by Crippen LogP contribution is 2.33. The minimum atomic E-state index is -0.621. The van der Waals surface area contributed by atoms with Crippen LogP contribution in [0.25, 0.3) is 16.6 Å². The van der Waals surface area contributed by atoms with Crippen molar-refractivity contribution in [1.82, 2.24) is 10.2 Å². The molecule has 35 heavy (non-hydrogen) atoms. The molecule has 0 atom stereocenters. The van der Waals surface area contributed by atoms with Gasteiger partial charge in [-0.2, -0.15) is 5.10 Å². The largest absolute Gasteiger partial charge is 0.396 e. The molecule has 1 heterocycles. The van der Waals surface area contributed by atoms with E-state index in [1.165, 1.54) is 0 Å². The molecule has 1 aromatic heterocycles. The number of aryl methyl sites for hydroxylation is 1. The van der Waals surface area contributed by atoms with Crippen LogP contribution in [-0.2, 0) is 9.59 Å². The topological polar surface area (TPSA) is 139 Å². The lowest BCUT2D eigenvalue weighted by molar-refractivity contribution is -0.117. The maximum atomic E-state index is 12.4. The van der Waals surface area contributed by atoms with Crippen molar-refractivity contribution in [2.75, 3.05) is 5.32 Å². The van der Waals surface area contributed by atoms with Crippen molar-refractivity contribution in [2.45, 2.75) is 40.0 Å². The summed E-state index contributed by atoms with van der Waals surface area (Å²) in [5.41, 5.74) is 17.7. The minimum absolute atomic E-state index is 0.0152. The number of carbonyl (C=O) groups excluding carboxylic acids is 2. The van der Waals surface area contributed by atoms with Crippen LogP contribution in [0, 0.1) is 12.8 Å². The molecule has 0 aliphatic heterocycles. The van der Waals surface area contributed by atoms with Gasteiger partial charge in [-0.05, 0) is 50.8 Å². The molecule has 1 aliphatic carbocycles. The highest BCUT2D eigenvalue weighted by atomic mass is 16.2. The second kappa shape index (κ2) is 9.97. The number of primary amides is 1. The second-order valence-electron chi connectivity index (χ2n) is 8.75. The normalized spacial score (nSPS) is 15.2. The van der Waals surface area contributed by atoms with E-state index in [0.717, 1.165) is 40.4 Å². The van der Waals surface area contributed by atoms with Crippen LogP contribution >= 0.6 is 0 Å². The number of aliphatic imine (C=N–C) groups is 1. The summed E-state index contributed by atoms with van der Waals surface area (Å²) in [6, 6.07) is 11.4. The summed E-state index contributed by atoms with van der Waals surface area (Å²) in [4.78, 5) is 29.7. The number of aromatic nitrogens is 2. The summed E-state index contributed by atoms with van der Waals surface area (Å²) in [7, 11) is 0. The van der Waals surface area contributed by atoms with Crippen LogP contribution < -0.4 is 16.8 Å². The number of benzene rings is 2. The molecule has 0 unspecified atom stereocenters. The molecule has 3 aromatic rings. The van der Waals surface area contributed by atoms with Gasteiger partial charge in [-0.1, -0.05) is 37.3 Å². The first kappa shape index (κ1) is 23.9. The number of fused-ring (bicyclic) bond motifs is 1. The maximum absolute atomic E-state index is 12.4. The maximum Gasteiger partial charge on any atom is 0.250 e. The summed E-state index contributed by atoms with van der Waals surface area (Å²) >= 11 is 0. The van der Waals surface area contributed by atoms with E-state index in [-0.39, 0.29) is 23.1 Å². The van der Waals surface area contributed by atoms with Gasteiger partial charge in [-0.15, -0.1) is 0 Å². The third kappa shape index (κ3) is 5.01. The standard InChI is InChI=1S/C27H30N6O2/c1-4-7-19(26(29)34)24(28)25(23-15(2)10-13-22-20(23)14-30-33-22)31-16(3)18-8-5-6-9-21(18)32-27(35)17-11-12-17/h5-10,13-14,17H,4,11-12,28H2,1-3H3,(H2,29,34)(H,30,33)(H,32,35)/b19-7-,25-24+,31-16?. The smallest absolute Gasteiger partial charge is 0.250 e. The van der Waals surface area contributed by atoms with Crippen molar-refractivity contribution >= 4 is 39.8 Å². The van der Waals surface area contributed by atoms with Crippen molar-refractivity contribution in [3.05, 3.63) is 76.6 Å². The average molecular weight is 471 g/mol. The molecule has 8 nitrogen and oxygen atoms in total. The number of nitrogens with zero attached hydrogens (tertiary/aromatic N) is 2. The molecule has 1 aliphatic rings. The SMILES string of the molecule is CC/C=C(C(N)=O)/C(N)=C(\N=C(C)c1ccccc1NC(=O)C1CC1)c1c(C)ccc2[nH]ncc12. The zero-order valence-electron chi connectivity index (χ0n) is 20.2. The molecule has 2 amide bonds. The zero-order valence-corrected chi connectivity index (χ0v) is 20.2. The number of allylic oxidation sites excluding steroid dienone is 1. The number of aromatic amines is 1. The molecule has 1 saturated carbocycles. The Morgan fingerprint density at radius 1 is 1.20 bits per heavy atom. The number of hydrogen-bond acceptors (Lipinski definition) is 5. The van der Waals surface area contributed by atoms with Gasteiger partial charge in [-0.3, -0.25) is 19.7 Å². The third-order valence-electron chi connectivity index (χ3n) is 6.09. The summed E-state index contributed by atoms with van der Waals surface area (Å²) in [6.07, 6.45) is 5.83. The van der Waals surface area contributed by atoms with Gasteiger partial charge >= 0.3 is 0 Å². The Balaban J connectivity index is 1.92. The van der Waals surface area contributed by atoms with Crippen molar-refractivity contribution in [3.63, 3.8) is 0 Å². The molecular formula is C27H30N6O2. The van der Waals surface area contributed by atoms with E-state index in [0.29, 0.717) is 23.5 Å². The van der Waals surface area contributed by atoms with Crippen molar-refractivity contribution in [2.24, 2.45) is 22.4 Å². The van der Waals surface area contributed by atoms with E-state index in [2.05, 4.69) is 15.5 Å². The molecule has 4 rings (SSSR count). The van der Waals surface area contributed by atoms with Crippen molar-refractivity contribution < 1.29 is 9.59 Å². The number of para-hydroxylation sites is 1. The zero-order chi connectivity index (χ0) is 25.1. The fourth-order valence-corrected chi connectivity index (χ4v) is 4.08. The lowest BCUT2D eigenvalue weighted by Crippen LogP contribution is -2.20. The molecule has 2 aromatic carbocycles. The summed E-state index contributed by atoms with van der Waals surface area (Å²) in [5, 5.41) is 11.0. The van der Waals surface area contributed by atoms with Gasteiger partial charge in [-0.25, -0.2) is 0 Å². The molecule has 6 N–H and O–H groups in total. The Morgan fingerprint density at radius 2 is 1.94 bits per heavy atom. The number of amides is 2. The summed E-state index contributed by atoms with van der Waals surface area (Å²) < 4.78 is 0. The van der Waals surface area contributed by atoms with E-state index in [9.17, 15) is 9.59 Å². The van der Waals surface area contributed by atoms with Crippen LogP contribution in [0.1, 0.15) is 49.8 Å². The van der Waals surface area contributed by atoms with Crippen molar-refractivity contribution in [3.8, 4) is 0 Å². The number of rotatable bonds is 8. The van der Waals surface area contributed by atoms with Gasteiger partial charge in [0.25, 0.3) is 5.91 Å². The lowest BCUT2D eigenvalue weighted by atomic mass is 9.97. The van der Waals surface area contributed by atoms with Crippen molar-refractivity contribution in [1.29, 1.82) is 0 Å². The quantitative estimate of drug-likeness (QED) is 0.223. The Hall–Kier alpha value is -4.20. The van der Waals surface area contributed by atoms with Crippen LogP contribution in [0.4, 0.5) is 5.69 Å². The predicted octanol–water partition coefficient (Wildman–Crippen LogP) is 4.18. The first-order chi connectivity index (χ1) is 16.8. The van der Waals surface area contributed by atoms with E-state index in [1.807, 2.05) is 57.2 Å². The predicted molar refractivity (Wildman–Crippen MR) is 140 cm³/mol. The number of nitrogens with two attached hydrogens (primary N) is 2. The minimum Gasteiger partial charge on any atom is -0.396 e. The lowest BCUT2D eigenvalue weighted by Gasteiger charge is -2.16. The van der Waals surface area contributed by atoms with Gasteiger partial charge in [0.15, 0.2) is 0 Å². The van der Waals surface area contributed by atoms with E-state index >= 15 is 0 Å². The summed E-state index contributed by atoms with van der Waals surface area (Å²) in [6.45, 7) is 5.72. The van der Waals surface area contributed by atoms with Crippen LogP contribution in [0.15, 0.2) is 64.9 Å². The van der Waals surface area contributed by atoms with Crippen LogP contribution in [-0.4, -0.2) is 27.7 Å². The first-order valence-electron chi connectivity index (χ1n) is 11.7. The highest BCUT2D eigenvalue weighted by molar-refractivity contribution is 6.10. The second-order valence-corrected chi connectivity index (χ2v) is 8.75. The molecule has 0 bridgehead atoms. The van der Waals surface area contributed by atoms with Gasteiger partial charge in [0.1, 0.15) is 0 Å². The monoisotopic (exact) mass is 470 g/mol. The molecule has 0 spiro atoms. The highest BCUT2D eigenvalue weighted by Gasteiger charge is 2.30. The number of anilines is 1. The molecule has 8 heteroatoms. The Labute approximate surface area is 204 Å². The molecule has 180 valence electrons. The van der Waals surface area contributed by atoms with Gasteiger partial charge in [0.2, 0.25) is 5.91 Å². The number of hydrogen-bond donors (Lipinski definition) is 4. The number of nitrogens with one attached hydrogen (secondary N) is 2. The Morgan fingerprint density at radius 3 is 2.63 bits per heavy atom. The molecule has 0 radical (unpaired) electrons. The molecular weight excluding hydrogens is 440 g/mol. The van der Waals surface area contributed by atoms with Crippen LogP contribution in [0.3, 0.4) is 0 Å². The van der Waals surface area contributed by atoms with E-state index in [1.54, 1.807) is 12.3 Å². The molecule has 1 fully saturated rings. The third-order valence-corrected chi connectivity index (χ3v) is 6.09. The number of carbonyl (C=O) groups is 2.